The summed E-state index contributed by atoms with van der Waals surface area (Å²) in [6.45, 7) is 4.36. The number of hydrogen-bond donors (Lipinski definition) is 2. The highest BCUT2D eigenvalue weighted by atomic mass is 127. The molecule has 0 saturated carbocycles. The third-order valence-corrected chi connectivity index (χ3v) is 4.06. The lowest BCUT2D eigenvalue weighted by molar-refractivity contribution is 0.116. The highest BCUT2D eigenvalue weighted by Gasteiger charge is 2.22. The monoisotopic (exact) mass is 393 g/mol. The molecule has 1 unspecified atom stereocenters. The van der Waals surface area contributed by atoms with E-state index in [9.17, 15) is 0 Å². The molecule has 5 nitrogen and oxygen atoms in total. The maximum absolute atomic E-state index is 4.31. The summed E-state index contributed by atoms with van der Waals surface area (Å²) in [7, 11) is 6.24. The molecule has 2 N–H and O–H groups in total. The van der Waals surface area contributed by atoms with Gasteiger partial charge in [-0.15, -0.1) is 24.0 Å². The zero-order valence-electron chi connectivity index (χ0n) is 12.8. The van der Waals surface area contributed by atoms with E-state index in [1.54, 1.807) is 0 Å². The Morgan fingerprint density at radius 2 is 1.95 bits per heavy atom. The third-order valence-electron chi connectivity index (χ3n) is 4.06. The molecule has 1 aliphatic heterocycles. The molecule has 0 bridgehead atoms. The van der Waals surface area contributed by atoms with E-state index in [2.05, 4.69) is 51.7 Å². The molecular formula is C14H28IN5. The molecule has 2 rings (SSSR count). The number of nitrogens with one attached hydrogen (secondary N) is 2. The van der Waals surface area contributed by atoms with Gasteiger partial charge in [0.1, 0.15) is 0 Å². The molecule has 0 aromatic rings. The first-order valence-electron chi connectivity index (χ1n) is 7.20. The predicted molar refractivity (Wildman–Crippen MR) is 96.0 cm³/mol. The van der Waals surface area contributed by atoms with Gasteiger partial charge in [-0.3, -0.25) is 9.89 Å². The van der Waals surface area contributed by atoms with E-state index in [1.165, 1.54) is 0 Å². The Bertz CT molecular complexity index is 336. The predicted octanol–water partition coefficient (Wildman–Crippen LogP) is 0.734. The maximum atomic E-state index is 4.31. The Morgan fingerprint density at radius 1 is 1.25 bits per heavy atom. The summed E-state index contributed by atoms with van der Waals surface area (Å²) in [5.74, 6) is 0.926. The van der Waals surface area contributed by atoms with Gasteiger partial charge in [0, 0.05) is 45.3 Å². The van der Waals surface area contributed by atoms with Crippen LogP contribution >= 0.6 is 24.0 Å². The van der Waals surface area contributed by atoms with Crippen molar-refractivity contribution in [2.45, 2.75) is 24.9 Å². The van der Waals surface area contributed by atoms with Gasteiger partial charge in [0.25, 0.3) is 0 Å². The van der Waals surface area contributed by atoms with Gasteiger partial charge >= 0.3 is 0 Å². The number of halogens is 1. The quantitative estimate of drug-likeness (QED) is 0.321. The van der Waals surface area contributed by atoms with E-state index in [1.807, 2.05) is 7.05 Å². The van der Waals surface area contributed by atoms with Crippen LogP contribution in [0.3, 0.4) is 0 Å². The van der Waals surface area contributed by atoms with Gasteiger partial charge in [0.05, 0.1) is 0 Å². The average molecular weight is 393 g/mol. The Kier molecular flexibility index (Phi) is 7.83. The maximum Gasteiger partial charge on any atom is 0.191 e. The number of guanidine groups is 1. The minimum Gasteiger partial charge on any atom is -0.355 e. The van der Waals surface area contributed by atoms with E-state index >= 15 is 0 Å². The molecule has 116 valence electrons. The van der Waals surface area contributed by atoms with Gasteiger partial charge in [-0.1, -0.05) is 12.2 Å². The largest absolute Gasteiger partial charge is 0.355 e. The number of rotatable bonds is 3. The van der Waals surface area contributed by atoms with Crippen molar-refractivity contribution in [2.24, 2.45) is 4.99 Å². The molecule has 0 radical (unpaired) electrons. The van der Waals surface area contributed by atoms with Crippen LogP contribution in [0.1, 0.15) is 12.8 Å². The van der Waals surface area contributed by atoms with E-state index < -0.39 is 0 Å². The number of hydrogen-bond acceptors (Lipinski definition) is 3. The van der Waals surface area contributed by atoms with Crippen molar-refractivity contribution in [2.75, 3.05) is 47.3 Å². The van der Waals surface area contributed by atoms with Crippen molar-refractivity contribution in [1.82, 2.24) is 20.4 Å². The zero-order valence-corrected chi connectivity index (χ0v) is 15.1. The molecule has 0 aromatic heterocycles. The van der Waals surface area contributed by atoms with Crippen molar-refractivity contribution in [3.8, 4) is 0 Å². The molecule has 1 fully saturated rings. The van der Waals surface area contributed by atoms with Gasteiger partial charge in [0.15, 0.2) is 5.96 Å². The number of nitrogens with zero attached hydrogens (tertiary/aromatic N) is 3. The van der Waals surface area contributed by atoms with Crippen LogP contribution in [0.15, 0.2) is 17.1 Å². The summed E-state index contributed by atoms with van der Waals surface area (Å²) in [5, 5.41) is 6.94. The molecule has 0 amide bonds. The van der Waals surface area contributed by atoms with E-state index in [0.29, 0.717) is 12.1 Å². The Morgan fingerprint density at radius 3 is 2.60 bits per heavy atom. The first-order valence-corrected chi connectivity index (χ1v) is 7.20. The zero-order chi connectivity index (χ0) is 13.7. The second-order valence-electron chi connectivity index (χ2n) is 5.63. The van der Waals surface area contributed by atoms with E-state index in [-0.39, 0.29) is 24.0 Å². The molecule has 1 heterocycles. The van der Waals surface area contributed by atoms with Gasteiger partial charge in [-0.05, 0) is 26.9 Å². The van der Waals surface area contributed by atoms with Crippen molar-refractivity contribution < 1.29 is 0 Å². The molecule has 20 heavy (non-hydrogen) atoms. The van der Waals surface area contributed by atoms with Crippen LogP contribution in [-0.4, -0.2) is 75.2 Å². The molecule has 0 spiro atoms. The van der Waals surface area contributed by atoms with Crippen molar-refractivity contribution in [3.63, 3.8) is 0 Å². The molecule has 1 atom stereocenters. The fourth-order valence-electron chi connectivity index (χ4n) is 2.66. The van der Waals surface area contributed by atoms with Gasteiger partial charge in [0.2, 0.25) is 0 Å². The minimum absolute atomic E-state index is 0. The lowest BCUT2D eigenvalue weighted by Gasteiger charge is -2.38. The van der Waals surface area contributed by atoms with Crippen molar-refractivity contribution >= 4 is 29.9 Å². The third kappa shape index (κ3) is 5.21. The lowest BCUT2D eigenvalue weighted by atomic mass is 10.2. The average Bonchev–Trinajstić information content (AvgIpc) is 2.91. The van der Waals surface area contributed by atoms with E-state index in [4.69, 9.17) is 0 Å². The second-order valence-corrected chi connectivity index (χ2v) is 5.63. The van der Waals surface area contributed by atoms with Crippen LogP contribution in [0.4, 0.5) is 0 Å². The van der Waals surface area contributed by atoms with Crippen LogP contribution in [0.2, 0.25) is 0 Å². The molecule has 0 aromatic carbocycles. The van der Waals surface area contributed by atoms with Crippen molar-refractivity contribution in [3.05, 3.63) is 12.2 Å². The first kappa shape index (κ1) is 17.7. The summed E-state index contributed by atoms with van der Waals surface area (Å²) in [6.07, 6.45) is 6.67. The summed E-state index contributed by atoms with van der Waals surface area (Å²) in [4.78, 5) is 9.13. The fraction of sp³-hybridized carbons (Fsp3) is 0.786. The summed E-state index contributed by atoms with van der Waals surface area (Å²) < 4.78 is 0. The highest BCUT2D eigenvalue weighted by molar-refractivity contribution is 14.0. The first-order chi connectivity index (χ1) is 9.19. The number of aliphatic imine (C=N–C) groups is 1. The molecule has 6 heteroatoms. The SMILES string of the molecule is CN=C(NCC1CN(C)CCN1C)NC1CC=CC1.I. The van der Waals surface area contributed by atoms with Crippen LogP contribution in [-0.2, 0) is 0 Å². The van der Waals surface area contributed by atoms with Crippen LogP contribution in [0.5, 0.6) is 0 Å². The molecular weight excluding hydrogens is 365 g/mol. The molecule has 2 aliphatic rings. The Hall–Kier alpha value is -0.340. The van der Waals surface area contributed by atoms with Gasteiger partial charge in [-0.25, -0.2) is 0 Å². The Balaban J connectivity index is 0.00000200. The van der Waals surface area contributed by atoms with Crippen LogP contribution in [0, 0.1) is 0 Å². The van der Waals surface area contributed by atoms with Gasteiger partial charge < -0.3 is 15.5 Å². The minimum atomic E-state index is 0. The molecule has 1 saturated heterocycles. The standard InChI is InChI=1S/C14H27N5.HI/c1-15-14(17-12-6-4-5-7-12)16-10-13-11-18(2)8-9-19(13)3;/h4-5,12-13H,6-11H2,1-3H3,(H2,15,16,17);1H. The lowest BCUT2D eigenvalue weighted by Crippen LogP contribution is -2.55. The van der Waals surface area contributed by atoms with Crippen molar-refractivity contribution in [1.29, 1.82) is 0 Å². The fourth-order valence-corrected chi connectivity index (χ4v) is 2.66. The van der Waals surface area contributed by atoms with E-state index in [0.717, 1.165) is 45.0 Å². The van der Waals surface area contributed by atoms with Gasteiger partial charge in [-0.2, -0.15) is 0 Å². The normalized spacial score (nSPS) is 25.6. The highest BCUT2D eigenvalue weighted by Crippen LogP contribution is 2.09. The summed E-state index contributed by atoms with van der Waals surface area (Å²) in [6, 6.07) is 1.07. The molecule has 1 aliphatic carbocycles. The second kappa shape index (κ2) is 8.84. The van der Waals surface area contributed by atoms with Crippen LogP contribution < -0.4 is 10.6 Å². The smallest absolute Gasteiger partial charge is 0.191 e. The summed E-state index contributed by atoms with van der Waals surface area (Å²) in [5.41, 5.74) is 0. The van der Waals surface area contributed by atoms with Crippen LogP contribution in [0.25, 0.3) is 0 Å². The Labute approximate surface area is 139 Å². The number of likely N-dealkylation sites (N-methyl/N-ethyl adjacent to an activating group) is 2. The summed E-state index contributed by atoms with van der Waals surface area (Å²) >= 11 is 0. The topological polar surface area (TPSA) is 42.9 Å². The number of piperazine rings is 1.